The van der Waals surface area contributed by atoms with Crippen molar-refractivity contribution in [1.29, 1.82) is 0 Å². The third kappa shape index (κ3) is 7.08. The Balaban J connectivity index is 0.00000341. The lowest BCUT2D eigenvalue weighted by molar-refractivity contribution is -0.0174. The summed E-state index contributed by atoms with van der Waals surface area (Å²) in [7, 11) is 1.82. The second-order valence-electron chi connectivity index (χ2n) is 10.0. The fourth-order valence-electron chi connectivity index (χ4n) is 5.05. The highest BCUT2D eigenvalue weighted by molar-refractivity contribution is 14.0. The van der Waals surface area contributed by atoms with E-state index in [9.17, 15) is 4.79 Å². The number of halogens is 1. The van der Waals surface area contributed by atoms with Crippen molar-refractivity contribution < 1.29 is 14.3 Å². The number of rotatable bonds is 4. The lowest BCUT2D eigenvalue weighted by Gasteiger charge is -2.40. The molecule has 3 heterocycles. The van der Waals surface area contributed by atoms with Crippen molar-refractivity contribution >= 4 is 36.0 Å². The number of hydrogen-bond donors (Lipinski definition) is 2. The highest BCUT2D eigenvalue weighted by Crippen LogP contribution is 2.36. The Morgan fingerprint density at radius 3 is 2.45 bits per heavy atom. The van der Waals surface area contributed by atoms with Crippen LogP contribution in [-0.2, 0) is 9.47 Å². The SMILES string of the molecule is CN=C(NCC(C)N1CCOCC1C)NC1CC2CCC(C1)N2C(=O)OC(C)(C)C.I. The fourth-order valence-corrected chi connectivity index (χ4v) is 5.05. The molecule has 0 aromatic rings. The number of nitrogens with one attached hydrogen (secondary N) is 2. The molecule has 9 heteroatoms. The Bertz CT molecular complexity index is 613. The first-order valence-corrected chi connectivity index (χ1v) is 11.5. The van der Waals surface area contributed by atoms with Crippen LogP contribution < -0.4 is 10.6 Å². The third-order valence-electron chi connectivity index (χ3n) is 6.45. The van der Waals surface area contributed by atoms with Gasteiger partial charge in [-0.2, -0.15) is 0 Å². The van der Waals surface area contributed by atoms with Crippen molar-refractivity contribution in [2.75, 3.05) is 33.4 Å². The van der Waals surface area contributed by atoms with E-state index in [4.69, 9.17) is 9.47 Å². The van der Waals surface area contributed by atoms with Crippen LogP contribution in [0.4, 0.5) is 4.79 Å². The maximum Gasteiger partial charge on any atom is 0.410 e. The van der Waals surface area contributed by atoms with E-state index < -0.39 is 5.60 Å². The Hall–Kier alpha value is -0.810. The lowest BCUT2D eigenvalue weighted by atomic mass is 9.98. The first kappa shape index (κ1) is 26.4. The molecule has 0 radical (unpaired) electrons. The number of nitrogens with zero attached hydrogens (tertiary/aromatic N) is 3. The number of fused-ring (bicyclic) bond motifs is 2. The van der Waals surface area contributed by atoms with Gasteiger partial charge in [0.1, 0.15) is 5.60 Å². The van der Waals surface area contributed by atoms with Crippen LogP contribution in [0.2, 0.25) is 0 Å². The average Bonchev–Trinajstić information content (AvgIpc) is 2.95. The predicted octanol–water partition coefficient (Wildman–Crippen LogP) is 2.81. The molecule has 4 atom stereocenters. The molecule has 0 aromatic heterocycles. The first-order chi connectivity index (χ1) is 14.2. The van der Waals surface area contributed by atoms with E-state index in [2.05, 4.69) is 34.4 Å². The molecule has 2 N–H and O–H groups in total. The van der Waals surface area contributed by atoms with E-state index in [0.29, 0.717) is 18.1 Å². The summed E-state index contributed by atoms with van der Waals surface area (Å²) in [5.41, 5.74) is -0.452. The predicted molar refractivity (Wildman–Crippen MR) is 134 cm³/mol. The molecule has 3 saturated heterocycles. The minimum atomic E-state index is -0.452. The molecule has 1 amide bonds. The summed E-state index contributed by atoms with van der Waals surface area (Å²) in [6.07, 6.45) is 3.82. The summed E-state index contributed by atoms with van der Waals surface area (Å²) in [4.78, 5) is 21.6. The van der Waals surface area contributed by atoms with Gasteiger partial charge in [-0.15, -0.1) is 24.0 Å². The molecule has 3 aliphatic rings. The van der Waals surface area contributed by atoms with Crippen molar-refractivity contribution in [3.05, 3.63) is 0 Å². The summed E-state index contributed by atoms with van der Waals surface area (Å²) < 4.78 is 11.2. The molecule has 3 aliphatic heterocycles. The van der Waals surface area contributed by atoms with Crippen LogP contribution in [0.1, 0.15) is 60.3 Å². The summed E-state index contributed by atoms with van der Waals surface area (Å²) in [6, 6.07) is 1.68. The number of carbonyl (C=O) groups is 1. The van der Waals surface area contributed by atoms with Gasteiger partial charge in [0.05, 0.1) is 13.2 Å². The van der Waals surface area contributed by atoms with Crippen molar-refractivity contribution in [2.45, 2.75) is 96.1 Å². The number of amides is 1. The van der Waals surface area contributed by atoms with Crippen LogP contribution in [-0.4, -0.2) is 91.0 Å². The summed E-state index contributed by atoms with van der Waals surface area (Å²) in [5, 5.41) is 7.10. The topological polar surface area (TPSA) is 78.4 Å². The quantitative estimate of drug-likeness (QED) is 0.318. The van der Waals surface area contributed by atoms with Gasteiger partial charge in [0, 0.05) is 50.3 Å². The summed E-state index contributed by atoms with van der Waals surface area (Å²) in [5.74, 6) is 0.845. The zero-order valence-electron chi connectivity index (χ0n) is 20.0. The minimum Gasteiger partial charge on any atom is -0.444 e. The zero-order chi connectivity index (χ0) is 21.9. The van der Waals surface area contributed by atoms with Crippen molar-refractivity contribution in [3.63, 3.8) is 0 Å². The van der Waals surface area contributed by atoms with Crippen LogP contribution in [0.25, 0.3) is 0 Å². The van der Waals surface area contributed by atoms with Crippen molar-refractivity contribution in [2.24, 2.45) is 4.99 Å². The van der Waals surface area contributed by atoms with Gasteiger partial charge in [-0.1, -0.05) is 0 Å². The molecular weight excluding hydrogens is 509 g/mol. The van der Waals surface area contributed by atoms with Gasteiger partial charge in [0.25, 0.3) is 0 Å². The van der Waals surface area contributed by atoms with Gasteiger partial charge < -0.3 is 25.0 Å². The molecule has 8 nitrogen and oxygen atoms in total. The van der Waals surface area contributed by atoms with Crippen LogP contribution in [0.3, 0.4) is 0 Å². The Morgan fingerprint density at radius 2 is 1.90 bits per heavy atom. The summed E-state index contributed by atoms with van der Waals surface area (Å²) in [6.45, 7) is 13.7. The van der Waals surface area contributed by atoms with Crippen LogP contribution in [0, 0.1) is 0 Å². The molecule has 0 spiro atoms. The van der Waals surface area contributed by atoms with Gasteiger partial charge >= 0.3 is 6.09 Å². The van der Waals surface area contributed by atoms with E-state index in [-0.39, 0.29) is 42.2 Å². The average molecular weight is 552 g/mol. The number of morpholine rings is 1. The molecule has 0 aromatic carbocycles. The normalized spacial score (nSPS) is 30.4. The fraction of sp³-hybridized carbons (Fsp3) is 0.909. The maximum absolute atomic E-state index is 12.6. The van der Waals surface area contributed by atoms with Gasteiger partial charge in [-0.05, 0) is 60.3 Å². The highest BCUT2D eigenvalue weighted by atomic mass is 127. The number of ether oxygens (including phenoxy) is 2. The number of hydrogen-bond acceptors (Lipinski definition) is 5. The third-order valence-corrected chi connectivity index (χ3v) is 6.45. The highest BCUT2D eigenvalue weighted by Gasteiger charge is 2.45. The molecular formula is C22H42IN5O3. The van der Waals surface area contributed by atoms with E-state index in [1.165, 1.54) is 0 Å². The Labute approximate surface area is 204 Å². The molecule has 3 fully saturated rings. The molecule has 180 valence electrons. The second kappa shape index (κ2) is 11.4. The van der Waals surface area contributed by atoms with Gasteiger partial charge in [0.2, 0.25) is 0 Å². The monoisotopic (exact) mass is 551 g/mol. The molecule has 4 unspecified atom stereocenters. The zero-order valence-corrected chi connectivity index (χ0v) is 22.3. The lowest BCUT2D eigenvalue weighted by Crippen LogP contribution is -2.56. The second-order valence-corrected chi connectivity index (χ2v) is 10.0. The minimum absolute atomic E-state index is 0. The first-order valence-electron chi connectivity index (χ1n) is 11.5. The van der Waals surface area contributed by atoms with E-state index >= 15 is 0 Å². The largest absolute Gasteiger partial charge is 0.444 e. The molecule has 0 aliphatic carbocycles. The van der Waals surface area contributed by atoms with Gasteiger partial charge in [-0.3, -0.25) is 9.89 Å². The van der Waals surface area contributed by atoms with E-state index in [1.807, 2.05) is 32.7 Å². The Morgan fingerprint density at radius 1 is 1.26 bits per heavy atom. The Kier molecular flexibility index (Phi) is 9.69. The smallest absolute Gasteiger partial charge is 0.410 e. The maximum atomic E-state index is 12.6. The van der Waals surface area contributed by atoms with E-state index in [1.54, 1.807) is 0 Å². The molecule has 3 rings (SSSR count). The number of guanidine groups is 1. The number of carbonyl (C=O) groups excluding carboxylic acids is 1. The van der Waals surface area contributed by atoms with Crippen LogP contribution in [0.15, 0.2) is 4.99 Å². The number of aliphatic imine (C=N–C) groups is 1. The standard InChI is InChI=1S/C22H41N5O3.HI/c1-15(26-9-10-29-14-16(26)2)13-24-20(23-6)25-17-11-18-7-8-19(12-17)27(18)21(28)30-22(3,4)5;/h15-19H,7-14H2,1-6H3,(H2,23,24,25);1H. The van der Waals surface area contributed by atoms with Crippen molar-refractivity contribution in [1.82, 2.24) is 20.4 Å². The molecule has 2 bridgehead atoms. The van der Waals surface area contributed by atoms with E-state index in [0.717, 1.165) is 57.9 Å². The van der Waals surface area contributed by atoms with Gasteiger partial charge in [0.15, 0.2) is 5.96 Å². The molecule has 0 saturated carbocycles. The van der Waals surface area contributed by atoms with Gasteiger partial charge in [-0.25, -0.2) is 4.79 Å². The van der Waals surface area contributed by atoms with Crippen molar-refractivity contribution in [3.8, 4) is 0 Å². The molecule has 31 heavy (non-hydrogen) atoms. The van der Waals surface area contributed by atoms with Crippen LogP contribution in [0.5, 0.6) is 0 Å². The summed E-state index contributed by atoms with van der Waals surface area (Å²) >= 11 is 0. The number of piperidine rings is 1. The van der Waals surface area contributed by atoms with Crippen LogP contribution >= 0.6 is 24.0 Å².